The molecule has 1 aliphatic rings. The number of para-hydroxylation sites is 1. The van der Waals surface area contributed by atoms with E-state index in [-0.39, 0.29) is 11.4 Å². The molecular weight excluding hydrogens is 330 g/mol. The summed E-state index contributed by atoms with van der Waals surface area (Å²) in [5.41, 5.74) is 6.50. The Morgan fingerprint density at radius 2 is 1.87 bits per heavy atom. The maximum absolute atomic E-state index is 11.1. The van der Waals surface area contributed by atoms with Crippen LogP contribution in [0.2, 0.25) is 0 Å². The molecule has 3 N–H and O–H groups in total. The molecule has 23 heavy (non-hydrogen) atoms. The molecule has 2 aromatic rings. The molecule has 118 valence electrons. The van der Waals surface area contributed by atoms with Gasteiger partial charge >= 0.3 is 6.03 Å². The topological polar surface area (TPSA) is 62.4 Å². The van der Waals surface area contributed by atoms with Crippen molar-refractivity contribution >= 4 is 35.0 Å². The number of ether oxygens (including phenoxy) is 1. The average Bonchev–Trinajstić information content (AvgIpc) is 2.55. The van der Waals surface area contributed by atoms with Gasteiger partial charge in [0.15, 0.2) is 0 Å². The van der Waals surface area contributed by atoms with E-state index in [9.17, 15) is 4.79 Å². The molecule has 2 aromatic carbocycles. The Morgan fingerprint density at radius 3 is 2.65 bits per heavy atom. The minimum absolute atomic E-state index is 0.151. The first-order valence-electron chi connectivity index (χ1n) is 7.00. The summed E-state index contributed by atoms with van der Waals surface area (Å²) >= 11 is 6.74. The highest BCUT2D eigenvalue weighted by Crippen LogP contribution is 2.24. The van der Waals surface area contributed by atoms with Crippen molar-refractivity contribution in [3.8, 4) is 11.5 Å². The van der Waals surface area contributed by atoms with Gasteiger partial charge in [0.05, 0.1) is 0 Å². The third-order valence-corrected chi connectivity index (χ3v) is 4.76. The van der Waals surface area contributed by atoms with Crippen molar-refractivity contribution in [3.63, 3.8) is 0 Å². The van der Waals surface area contributed by atoms with Crippen LogP contribution in [-0.2, 0) is 5.75 Å². The molecule has 5 nitrogen and oxygen atoms in total. The lowest BCUT2D eigenvalue weighted by molar-refractivity contribution is 0.239. The van der Waals surface area contributed by atoms with Crippen molar-refractivity contribution < 1.29 is 9.53 Å². The van der Waals surface area contributed by atoms with Gasteiger partial charge in [0.1, 0.15) is 21.9 Å². The van der Waals surface area contributed by atoms with Crippen molar-refractivity contribution in [2.24, 2.45) is 0 Å². The first kappa shape index (κ1) is 15.8. The van der Waals surface area contributed by atoms with Gasteiger partial charge < -0.3 is 4.74 Å². The molecular formula is C16H15N3O2S2. The van der Waals surface area contributed by atoms with E-state index in [0.29, 0.717) is 4.99 Å². The molecule has 1 atom stereocenters. The quantitative estimate of drug-likeness (QED) is 0.727. The fourth-order valence-corrected chi connectivity index (χ4v) is 3.27. The molecule has 1 fully saturated rings. The summed E-state index contributed by atoms with van der Waals surface area (Å²) in [5.74, 6) is 2.33. The highest BCUT2D eigenvalue weighted by atomic mass is 32.2. The smallest absolute Gasteiger partial charge is 0.334 e. The number of hydrogen-bond acceptors (Lipinski definition) is 5. The number of urea groups is 1. The number of thioether (sulfide) groups is 1. The first-order valence-corrected chi connectivity index (χ1v) is 8.46. The average molecular weight is 345 g/mol. The second-order valence-corrected chi connectivity index (χ2v) is 6.37. The lowest BCUT2D eigenvalue weighted by Crippen LogP contribution is -2.60. The molecule has 0 aliphatic carbocycles. The van der Waals surface area contributed by atoms with Crippen molar-refractivity contribution in [1.29, 1.82) is 0 Å². The molecule has 1 saturated heterocycles. The van der Waals surface area contributed by atoms with Crippen LogP contribution in [0, 0.1) is 0 Å². The van der Waals surface area contributed by atoms with E-state index in [4.69, 9.17) is 17.0 Å². The lowest BCUT2D eigenvalue weighted by Gasteiger charge is -2.25. The SMILES string of the molecule is O=C1NNC(SCc2cccc(Oc3ccccc3)c2)C(=S)N1. The predicted octanol–water partition coefficient (Wildman–Crippen LogP) is 3.18. The van der Waals surface area contributed by atoms with Crippen LogP contribution in [0.1, 0.15) is 5.56 Å². The van der Waals surface area contributed by atoms with Gasteiger partial charge in [-0.3, -0.25) is 10.7 Å². The van der Waals surface area contributed by atoms with E-state index in [1.54, 1.807) is 11.8 Å². The Balaban J connectivity index is 1.59. The fourth-order valence-electron chi connectivity index (χ4n) is 2.03. The van der Waals surface area contributed by atoms with Crippen LogP contribution in [0.3, 0.4) is 0 Å². The Kier molecular flexibility index (Phi) is 5.12. The normalized spacial score (nSPS) is 17.3. The van der Waals surface area contributed by atoms with Crippen molar-refractivity contribution in [2.45, 2.75) is 11.1 Å². The number of thiocarbonyl (C=S) groups is 1. The van der Waals surface area contributed by atoms with E-state index >= 15 is 0 Å². The third-order valence-electron chi connectivity index (χ3n) is 3.09. The molecule has 1 heterocycles. The van der Waals surface area contributed by atoms with Crippen molar-refractivity contribution in [1.82, 2.24) is 16.2 Å². The highest BCUT2D eigenvalue weighted by Gasteiger charge is 2.22. The summed E-state index contributed by atoms with van der Waals surface area (Å²) in [6.07, 6.45) is 0. The van der Waals surface area contributed by atoms with E-state index in [0.717, 1.165) is 22.8 Å². The summed E-state index contributed by atoms with van der Waals surface area (Å²) in [4.78, 5) is 11.6. The van der Waals surface area contributed by atoms with Crippen LogP contribution in [0.5, 0.6) is 11.5 Å². The van der Waals surface area contributed by atoms with E-state index in [1.165, 1.54) is 0 Å². The Morgan fingerprint density at radius 1 is 1.09 bits per heavy atom. The standard InChI is InChI=1S/C16H15N3O2S2/c20-16-17-14(22)15(18-19-16)23-10-11-5-4-8-13(9-11)21-12-6-2-1-3-7-12/h1-9,15,18H,10H2,(H2,17,19,20,22). The Bertz CT molecular complexity index is 709. The van der Waals surface area contributed by atoms with Gasteiger partial charge in [0.25, 0.3) is 0 Å². The monoisotopic (exact) mass is 345 g/mol. The van der Waals surface area contributed by atoms with Gasteiger partial charge in [-0.05, 0) is 29.8 Å². The number of rotatable bonds is 5. The van der Waals surface area contributed by atoms with Crippen LogP contribution in [-0.4, -0.2) is 16.4 Å². The highest BCUT2D eigenvalue weighted by molar-refractivity contribution is 8.01. The number of benzene rings is 2. The molecule has 0 radical (unpaired) electrons. The minimum Gasteiger partial charge on any atom is -0.457 e. The predicted molar refractivity (Wildman–Crippen MR) is 95.4 cm³/mol. The Hall–Kier alpha value is -2.09. The zero-order valence-corrected chi connectivity index (χ0v) is 13.7. The van der Waals surface area contributed by atoms with Gasteiger partial charge in [-0.1, -0.05) is 42.5 Å². The van der Waals surface area contributed by atoms with Gasteiger partial charge in [-0.15, -0.1) is 11.8 Å². The molecule has 3 rings (SSSR count). The number of nitrogens with one attached hydrogen (secondary N) is 3. The van der Waals surface area contributed by atoms with Crippen LogP contribution < -0.4 is 20.9 Å². The van der Waals surface area contributed by atoms with Crippen LogP contribution >= 0.6 is 24.0 Å². The maximum atomic E-state index is 11.1. The van der Waals surface area contributed by atoms with Gasteiger partial charge in [-0.25, -0.2) is 10.2 Å². The fraction of sp³-hybridized carbons (Fsp3) is 0.125. The minimum atomic E-state index is -0.329. The van der Waals surface area contributed by atoms with Crippen molar-refractivity contribution in [2.75, 3.05) is 0 Å². The largest absolute Gasteiger partial charge is 0.457 e. The number of carbonyl (C=O) groups excluding carboxylic acids is 1. The molecule has 0 bridgehead atoms. The summed E-state index contributed by atoms with van der Waals surface area (Å²) in [6.45, 7) is 0. The van der Waals surface area contributed by atoms with Gasteiger partial charge in [0.2, 0.25) is 0 Å². The number of amides is 2. The summed E-state index contributed by atoms with van der Waals surface area (Å²) < 4.78 is 5.83. The van der Waals surface area contributed by atoms with Gasteiger partial charge in [-0.2, -0.15) is 0 Å². The molecule has 0 saturated carbocycles. The summed E-state index contributed by atoms with van der Waals surface area (Å²) in [7, 11) is 0. The molecule has 0 spiro atoms. The van der Waals surface area contributed by atoms with Crippen LogP contribution in [0.4, 0.5) is 4.79 Å². The lowest BCUT2D eigenvalue weighted by atomic mass is 10.2. The third kappa shape index (κ3) is 4.44. The van der Waals surface area contributed by atoms with E-state index in [2.05, 4.69) is 16.2 Å². The second kappa shape index (κ2) is 7.45. The molecule has 7 heteroatoms. The van der Waals surface area contributed by atoms with E-state index < -0.39 is 0 Å². The summed E-state index contributed by atoms with van der Waals surface area (Å²) in [5, 5.41) is 2.43. The zero-order chi connectivity index (χ0) is 16.1. The Labute approximate surface area is 143 Å². The molecule has 1 aliphatic heterocycles. The number of hydrazine groups is 1. The maximum Gasteiger partial charge on any atom is 0.334 e. The number of hydrogen-bond donors (Lipinski definition) is 3. The number of carbonyl (C=O) groups is 1. The molecule has 0 aromatic heterocycles. The zero-order valence-electron chi connectivity index (χ0n) is 12.1. The van der Waals surface area contributed by atoms with Crippen LogP contribution in [0.25, 0.3) is 0 Å². The second-order valence-electron chi connectivity index (χ2n) is 4.84. The van der Waals surface area contributed by atoms with E-state index in [1.807, 2.05) is 54.6 Å². The van der Waals surface area contributed by atoms with Crippen LogP contribution in [0.15, 0.2) is 54.6 Å². The van der Waals surface area contributed by atoms with Gasteiger partial charge in [0, 0.05) is 5.75 Å². The van der Waals surface area contributed by atoms with Crippen molar-refractivity contribution in [3.05, 3.63) is 60.2 Å². The molecule has 2 amide bonds. The summed E-state index contributed by atoms with van der Waals surface area (Å²) in [6, 6.07) is 17.2. The first-order chi connectivity index (χ1) is 11.2. The molecule has 1 unspecified atom stereocenters.